The van der Waals surface area contributed by atoms with E-state index in [4.69, 9.17) is 0 Å². The number of amides is 1. The van der Waals surface area contributed by atoms with Crippen LogP contribution in [0.2, 0.25) is 0 Å². The van der Waals surface area contributed by atoms with Gasteiger partial charge in [-0.15, -0.1) is 0 Å². The molecule has 0 spiro atoms. The first-order chi connectivity index (χ1) is 16.4. The summed E-state index contributed by atoms with van der Waals surface area (Å²) < 4.78 is 3.11. The van der Waals surface area contributed by atoms with Crippen LogP contribution in [0.4, 0.5) is 11.4 Å². The van der Waals surface area contributed by atoms with Crippen LogP contribution in [0.1, 0.15) is 31.4 Å². The van der Waals surface area contributed by atoms with E-state index < -0.39 is 0 Å². The van der Waals surface area contributed by atoms with Gasteiger partial charge in [-0.2, -0.15) is 5.10 Å². The molecule has 0 aliphatic heterocycles. The molecule has 0 aliphatic carbocycles. The van der Waals surface area contributed by atoms with E-state index >= 15 is 0 Å². The van der Waals surface area contributed by atoms with Gasteiger partial charge in [-0.25, -0.2) is 9.67 Å². The van der Waals surface area contributed by atoms with Crippen LogP contribution in [-0.4, -0.2) is 38.3 Å². The first-order valence-electron chi connectivity index (χ1n) is 11.6. The number of carbonyl (C=O) groups excluding carboxylic acids is 1. The van der Waals surface area contributed by atoms with Crippen LogP contribution in [0.25, 0.3) is 16.7 Å². The van der Waals surface area contributed by atoms with E-state index in [-0.39, 0.29) is 24.4 Å². The van der Waals surface area contributed by atoms with Gasteiger partial charge in [0.1, 0.15) is 5.39 Å². The van der Waals surface area contributed by atoms with Crippen LogP contribution in [0.5, 0.6) is 0 Å². The number of aryl methyl sites for hydroxylation is 3. The van der Waals surface area contributed by atoms with Gasteiger partial charge in [0.15, 0.2) is 5.65 Å². The molecule has 176 valence electrons. The van der Waals surface area contributed by atoms with Crippen LogP contribution in [-0.2, 0) is 11.3 Å². The maximum atomic E-state index is 12.9. The van der Waals surface area contributed by atoms with E-state index in [1.165, 1.54) is 17.1 Å². The van der Waals surface area contributed by atoms with Crippen molar-refractivity contribution in [1.82, 2.24) is 19.3 Å². The summed E-state index contributed by atoms with van der Waals surface area (Å²) in [5, 5.41) is 7.73. The van der Waals surface area contributed by atoms with Crippen LogP contribution in [0.15, 0.2) is 59.8 Å². The smallest absolute Gasteiger partial charge is 0.264 e. The second kappa shape index (κ2) is 9.91. The van der Waals surface area contributed by atoms with Crippen LogP contribution >= 0.6 is 0 Å². The van der Waals surface area contributed by atoms with Gasteiger partial charge in [-0.1, -0.05) is 17.7 Å². The van der Waals surface area contributed by atoms with Crippen LogP contribution in [0.3, 0.4) is 0 Å². The minimum atomic E-state index is -0.212. The van der Waals surface area contributed by atoms with Crippen molar-refractivity contribution in [3.63, 3.8) is 0 Å². The molecule has 0 unspecified atom stereocenters. The molecule has 4 rings (SSSR count). The van der Waals surface area contributed by atoms with Gasteiger partial charge < -0.3 is 10.2 Å². The largest absolute Gasteiger partial charge is 0.372 e. The average Bonchev–Trinajstić information content (AvgIpc) is 3.26. The molecule has 1 N–H and O–H groups in total. The Labute approximate surface area is 198 Å². The van der Waals surface area contributed by atoms with E-state index in [1.54, 1.807) is 4.68 Å². The van der Waals surface area contributed by atoms with Crippen molar-refractivity contribution in [2.75, 3.05) is 23.3 Å². The van der Waals surface area contributed by atoms with Crippen molar-refractivity contribution in [2.45, 2.75) is 40.7 Å². The Bertz CT molecular complexity index is 1370. The van der Waals surface area contributed by atoms with Crippen molar-refractivity contribution < 1.29 is 4.79 Å². The molecule has 8 heteroatoms. The zero-order valence-corrected chi connectivity index (χ0v) is 20.1. The fraction of sp³-hybridized carbons (Fsp3) is 0.308. The lowest BCUT2D eigenvalue weighted by atomic mass is 10.1. The Morgan fingerprint density at radius 3 is 2.47 bits per heavy atom. The second-order valence-corrected chi connectivity index (χ2v) is 8.34. The van der Waals surface area contributed by atoms with E-state index in [0.717, 1.165) is 41.3 Å². The summed E-state index contributed by atoms with van der Waals surface area (Å²) in [6, 6.07) is 13.9. The first kappa shape index (κ1) is 23.2. The Morgan fingerprint density at radius 1 is 1.06 bits per heavy atom. The quantitative estimate of drug-likeness (QED) is 0.430. The fourth-order valence-electron chi connectivity index (χ4n) is 3.99. The number of hydrogen-bond donors (Lipinski definition) is 1. The number of fused-ring (bicyclic) bond motifs is 1. The highest BCUT2D eigenvalue weighted by Gasteiger charge is 2.13. The summed E-state index contributed by atoms with van der Waals surface area (Å²) >= 11 is 0. The number of hydrogen-bond acceptors (Lipinski definition) is 5. The van der Waals surface area contributed by atoms with Crippen LogP contribution in [0, 0.1) is 13.8 Å². The summed E-state index contributed by atoms with van der Waals surface area (Å²) in [5.74, 6) is -0.152. The molecule has 0 saturated carbocycles. The lowest BCUT2D eigenvalue weighted by Gasteiger charge is -2.22. The van der Waals surface area contributed by atoms with Gasteiger partial charge in [-0.05, 0) is 63.6 Å². The van der Waals surface area contributed by atoms with Gasteiger partial charge in [0, 0.05) is 37.4 Å². The van der Waals surface area contributed by atoms with Gasteiger partial charge in [-0.3, -0.25) is 14.2 Å². The summed E-state index contributed by atoms with van der Waals surface area (Å²) in [4.78, 5) is 32.2. The Balaban J connectivity index is 1.45. The number of carbonyl (C=O) groups is 1. The average molecular weight is 459 g/mol. The number of benzene rings is 2. The third kappa shape index (κ3) is 4.71. The van der Waals surface area contributed by atoms with Crippen molar-refractivity contribution in [1.29, 1.82) is 0 Å². The summed E-state index contributed by atoms with van der Waals surface area (Å²) in [5.41, 5.74) is 5.19. The standard InChI is InChI=1S/C26H30N6O2/c1-5-30(6-2)21-11-12-23(19(4)15-21)29-24(33)13-14-31-17-27-25-22(26(31)34)16-28-32(25)20-9-7-18(3)8-10-20/h7-12,15-17H,5-6,13-14H2,1-4H3,(H,29,33). The second-order valence-electron chi connectivity index (χ2n) is 8.34. The van der Waals surface area contributed by atoms with Crippen molar-refractivity contribution in [2.24, 2.45) is 0 Å². The summed E-state index contributed by atoms with van der Waals surface area (Å²) in [6.45, 7) is 10.3. The molecule has 0 bridgehead atoms. The number of nitrogens with zero attached hydrogens (tertiary/aromatic N) is 5. The van der Waals surface area contributed by atoms with Gasteiger partial charge in [0.25, 0.3) is 5.56 Å². The van der Waals surface area contributed by atoms with E-state index in [2.05, 4.69) is 40.2 Å². The SMILES string of the molecule is CCN(CC)c1ccc(NC(=O)CCn2cnc3c(cnn3-c3ccc(C)cc3)c2=O)c(C)c1. The number of nitrogens with one attached hydrogen (secondary N) is 1. The Kier molecular flexibility index (Phi) is 6.77. The minimum Gasteiger partial charge on any atom is -0.372 e. The fourth-order valence-corrected chi connectivity index (χ4v) is 3.99. The van der Waals surface area contributed by atoms with Gasteiger partial charge in [0.05, 0.1) is 18.2 Å². The molecule has 2 aromatic carbocycles. The molecular formula is C26H30N6O2. The third-order valence-electron chi connectivity index (χ3n) is 6.03. The zero-order chi connectivity index (χ0) is 24.2. The highest BCUT2D eigenvalue weighted by atomic mass is 16.2. The van der Waals surface area contributed by atoms with Crippen molar-refractivity contribution in [3.05, 3.63) is 76.5 Å². The molecule has 4 aromatic rings. The highest BCUT2D eigenvalue weighted by molar-refractivity contribution is 5.91. The normalized spacial score (nSPS) is 11.1. The van der Waals surface area contributed by atoms with Crippen LogP contribution < -0.4 is 15.8 Å². The first-order valence-corrected chi connectivity index (χ1v) is 11.6. The maximum absolute atomic E-state index is 12.9. The summed E-state index contributed by atoms with van der Waals surface area (Å²) in [6.07, 6.45) is 3.17. The monoisotopic (exact) mass is 458 g/mol. The molecule has 8 nitrogen and oxygen atoms in total. The van der Waals surface area contributed by atoms with E-state index in [1.807, 2.05) is 50.2 Å². The molecule has 0 atom stereocenters. The third-order valence-corrected chi connectivity index (χ3v) is 6.03. The predicted molar refractivity (Wildman–Crippen MR) is 136 cm³/mol. The van der Waals surface area contributed by atoms with Gasteiger partial charge >= 0.3 is 0 Å². The molecule has 2 aromatic heterocycles. The number of aromatic nitrogens is 4. The molecule has 0 aliphatic rings. The highest BCUT2D eigenvalue weighted by Crippen LogP contribution is 2.23. The van der Waals surface area contributed by atoms with Crippen molar-refractivity contribution >= 4 is 28.3 Å². The molecular weight excluding hydrogens is 428 g/mol. The molecule has 1 amide bonds. The minimum absolute atomic E-state index is 0.152. The molecule has 2 heterocycles. The van der Waals surface area contributed by atoms with Gasteiger partial charge in [0.2, 0.25) is 5.91 Å². The molecule has 0 fully saturated rings. The number of rotatable bonds is 8. The molecule has 0 radical (unpaired) electrons. The van der Waals surface area contributed by atoms with Crippen molar-refractivity contribution in [3.8, 4) is 5.69 Å². The lowest BCUT2D eigenvalue weighted by molar-refractivity contribution is -0.116. The lowest BCUT2D eigenvalue weighted by Crippen LogP contribution is -2.24. The Morgan fingerprint density at radius 2 is 1.79 bits per heavy atom. The Hall–Kier alpha value is -3.94. The van der Waals surface area contributed by atoms with E-state index in [0.29, 0.717) is 11.0 Å². The molecule has 34 heavy (non-hydrogen) atoms. The number of anilines is 2. The molecule has 0 saturated heterocycles. The zero-order valence-electron chi connectivity index (χ0n) is 20.1. The summed E-state index contributed by atoms with van der Waals surface area (Å²) in [7, 11) is 0. The predicted octanol–water partition coefficient (Wildman–Crippen LogP) is 4.07. The maximum Gasteiger partial charge on any atom is 0.264 e. The van der Waals surface area contributed by atoms with E-state index in [9.17, 15) is 9.59 Å². The topological polar surface area (TPSA) is 85.1 Å².